The average molecular weight is 424 g/mol. The van der Waals surface area contributed by atoms with Gasteiger partial charge in [0, 0.05) is 17.4 Å². The molecular formula is C23H27F3O4. The lowest BCUT2D eigenvalue weighted by Crippen LogP contribution is -2.44. The zero-order chi connectivity index (χ0) is 22.1. The van der Waals surface area contributed by atoms with Crippen LogP contribution in [0.4, 0.5) is 13.2 Å². The van der Waals surface area contributed by atoms with Gasteiger partial charge in [-0.3, -0.25) is 0 Å². The third-order valence-electron chi connectivity index (χ3n) is 5.80. The summed E-state index contributed by atoms with van der Waals surface area (Å²) >= 11 is 0. The minimum Gasteiger partial charge on any atom is -0.507 e. The monoisotopic (exact) mass is 424 g/mol. The van der Waals surface area contributed by atoms with Crippen molar-refractivity contribution in [1.82, 2.24) is 0 Å². The fraction of sp³-hybridized carbons (Fsp3) is 0.565. The van der Waals surface area contributed by atoms with Crippen molar-refractivity contribution in [3.05, 3.63) is 40.6 Å². The molecule has 0 spiro atoms. The summed E-state index contributed by atoms with van der Waals surface area (Å²) in [6.07, 6.45) is 2.74. The smallest absolute Gasteiger partial charge is 0.422 e. The molecule has 3 rings (SSSR count). The fourth-order valence-electron chi connectivity index (χ4n) is 4.32. The number of hydrogen-bond acceptors (Lipinski definition) is 4. The first kappa shape index (κ1) is 22.3. The molecule has 30 heavy (non-hydrogen) atoms. The lowest BCUT2D eigenvalue weighted by Gasteiger charge is -2.45. The normalized spacial score (nSPS) is 21.5. The number of carbonyl (C=O) groups excluding carboxylic acids is 1. The van der Waals surface area contributed by atoms with E-state index in [1.807, 2.05) is 32.9 Å². The molecule has 0 saturated heterocycles. The maximum absolute atomic E-state index is 12.6. The van der Waals surface area contributed by atoms with Crippen molar-refractivity contribution in [2.45, 2.75) is 70.6 Å². The Kier molecular flexibility index (Phi) is 6.23. The van der Waals surface area contributed by atoms with Gasteiger partial charge in [0.1, 0.15) is 22.7 Å². The number of aryl methyl sites for hydroxylation is 1. The number of fused-ring (bicyclic) bond motifs is 3. The Balaban J connectivity index is 2.09. The number of benzene rings is 1. The highest BCUT2D eigenvalue weighted by molar-refractivity contribution is 5.95. The van der Waals surface area contributed by atoms with Crippen molar-refractivity contribution < 1.29 is 32.5 Å². The number of phenolic OH excluding ortho intramolecular Hbond substituents is 1. The molecule has 0 radical (unpaired) electrons. The molecule has 0 aromatic heterocycles. The van der Waals surface area contributed by atoms with Crippen LogP contribution in [0.2, 0.25) is 0 Å². The molecule has 164 valence electrons. The summed E-state index contributed by atoms with van der Waals surface area (Å²) in [5, 5.41) is 11.1. The van der Waals surface area contributed by atoms with Crippen LogP contribution in [0.3, 0.4) is 0 Å². The maximum Gasteiger partial charge on any atom is 0.422 e. The molecule has 7 heteroatoms. The summed E-state index contributed by atoms with van der Waals surface area (Å²) in [5.41, 5.74) is 3.20. The highest BCUT2D eigenvalue weighted by Gasteiger charge is 2.45. The molecule has 0 saturated carbocycles. The van der Waals surface area contributed by atoms with Gasteiger partial charge in [0.05, 0.1) is 0 Å². The number of ether oxygens (including phenoxy) is 2. The number of phenols is 1. The van der Waals surface area contributed by atoms with Gasteiger partial charge in [0.25, 0.3) is 0 Å². The summed E-state index contributed by atoms with van der Waals surface area (Å²) in [5.74, 6) is -1.32. The van der Waals surface area contributed by atoms with E-state index in [-0.39, 0.29) is 23.1 Å². The number of hydrogen-bond donors (Lipinski definition) is 1. The number of alkyl halides is 3. The second-order valence-corrected chi connectivity index (χ2v) is 8.43. The standard InChI is InChI=1S/C23H27F3O4/c1-4-5-6-9-14-12-17-19(15-10-7-8-11-16(15)22(2,3)30-17)20(27)18(14)21(28)29-13-23(24,25)26/h8,10,12,15-16,27H,4-6,9,11,13H2,1-3H3. The SMILES string of the molecule is CCCCCc1cc2c(c(O)c1C(=O)OCC(F)(F)F)C1C=C=CCC1C(C)(C)O2. The van der Waals surface area contributed by atoms with E-state index >= 15 is 0 Å². The van der Waals surface area contributed by atoms with Crippen LogP contribution in [0.15, 0.2) is 23.9 Å². The first-order valence-corrected chi connectivity index (χ1v) is 10.3. The Labute approximate surface area is 174 Å². The van der Waals surface area contributed by atoms with E-state index < -0.39 is 24.4 Å². The molecule has 1 aliphatic heterocycles. The van der Waals surface area contributed by atoms with Crippen LogP contribution in [0.25, 0.3) is 0 Å². The Bertz CT molecular complexity index is 879. The third-order valence-corrected chi connectivity index (χ3v) is 5.80. The summed E-state index contributed by atoms with van der Waals surface area (Å²) < 4.78 is 48.5. The van der Waals surface area contributed by atoms with Gasteiger partial charge in [-0.1, -0.05) is 19.8 Å². The van der Waals surface area contributed by atoms with Crippen molar-refractivity contribution in [3.8, 4) is 11.5 Å². The lowest BCUT2D eigenvalue weighted by molar-refractivity contribution is -0.161. The Morgan fingerprint density at radius 3 is 2.77 bits per heavy atom. The summed E-state index contributed by atoms with van der Waals surface area (Å²) in [4.78, 5) is 12.6. The van der Waals surface area contributed by atoms with Crippen LogP contribution in [0, 0.1) is 5.92 Å². The molecule has 2 atom stereocenters. The molecule has 1 aromatic rings. The maximum atomic E-state index is 12.6. The molecule has 1 aromatic carbocycles. The van der Waals surface area contributed by atoms with Crippen LogP contribution in [0.5, 0.6) is 11.5 Å². The molecule has 0 amide bonds. The summed E-state index contributed by atoms with van der Waals surface area (Å²) in [6, 6.07) is 1.68. The van der Waals surface area contributed by atoms with Gasteiger partial charge in [-0.25, -0.2) is 4.79 Å². The van der Waals surface area contributed by atoms with E-state index in [0.29, 0.717) is 29.7 Å². The molecule has 1 N–H and O–H groups in total. The van der Waals surface area contributed by atoms with Gasteiger partial charge in [0.2, 0.25) is 0 Å². The van der Waals surface area contributed by atoms with Gasteiger partial charge < -0.3 is 14.6 Å². The van der Waals surface area contributed by atoms with Gasteiger partial charge in [-0.15, -0.1) is 5.73 Å². The zero-order valence-electron chi connectivity index (χ0n) is 17.4. The van der Waals surface area contributed by atoms with Crippen molar-refractivity contribution in [3.63, 3.8) is 0 Å². The summed E-state index contributed by atoms with van der Waals surface area (Å²) in [6.45, 7) is 4.27. The highest BCUT2D eigenvalue weighted by atomic mass is 19.4. The Morgan fingerprint density at radius 1 is 1.37 bits per heavy atom. The van der Waals surface area contributed by atoms with E-state index in [1.54, 1.807) is 6.07 Å². The topological polar surface area (TPSA) is 55.8 Å². The van der Waals surface area contributed by atoms with Crippen LogP contribution in [-0.4, -0.2) is 29.5 Å². The number of unbranched alkanes of at least 4 members (excludes halogenated alkanes) is 2. The number of esters is 1. The van der Waals surface area contributed by atoms with Gasteiger partial charge in [-0.05, 0) is 56.9 Å². The molecule has 2 unspecified atom stereocenters. The fourth-order valence-corrected chi connectivity index (χ4v) is 4.32. The van der Waals surface area contributed by atoms with Crippen molar-refractivity contribution in [1.29, 1.82) is 0 Å². The van der Waals surface area contributed by atoms with Crippen molar-refractivity contribution in [2.24, 2.45) is 5.92 Å². The zero-order valence-corrected chi connectivity index (χ0v) is 17.4. The predicted molar refractivity (Wildman–Crippen MR) is 106 cm³/mol. The second kappa shape index (κ2) is 8.38. The van der Waals surface area contributed by atoms with Gasteiger partial charge >= 0.3 is 12.1 Å². The highest BCUT2D eigenvalue weighted by Crippen LogP contribution is 2.53. The van der Waals surface area contributed by atoms with Crippen LogP contribution < -0.4 is 4.74 Å². The molecule has 0 bridgehead atoms. The molecule has 1 aliphatic carbocycles. The van der Waals surface area contributed by atoms with E-state index in [2.05, 4.69) is 10.5 Å². The number of rotatable bonds is 6. The number of carbonyl (C=O) groups is 1. The van der Waals surface area contributed by atoms with Crippen LogP contribution >= 0.6 is 0 Å². The number of allylic oxidation sites excluding steroid dienone is 1. The van der Waals surface area contributed by atoms with E-state index in [9.17, 15) is 23.1 Å². The first-order valence-electron chi connectivity index (χ1n) is 10.3. The molecular weight excluding hydrogens is 397 g/mol. The predicted octanol–water partition coefficient (Wildman–Crippen LogP) is 5.83. The third kappa shape index (κ3) is 4.51. The minimum atomic E-state index is -4.64. The largest absolute Gasteiger partial charge is 0.507 e. The Hall–Kier alpha value is -2.40. The van der Waals surface area contributed by atoms with Crippen molar-refractivity contribution >= 4 is 5.97 Å². The van der Waals surface area contributed by atoms with Gasteiger partial charge in [-0.2, -0.15) is 13.2 Å². The lowest BCUT2D eigenvalue weighted by atomic mass is 9.70. The molecule has 0 fully saturated rings. The molecule has 4 nitrogen and oxygen atoms in total. The minimum absolute atomic E-state index is 0.00198. The summed E-state index contributed by atoms with van der Waals surface area (Å²) in [7, 11) is 0. The van der Waals surface area contributed by atoms with E-state index in [0.717, 1.165) is 19.3 Å². The second-order valence-electron chi connectivity index (χ2n) is 8.43. The Morgan fingerprint density at radius 2 is 2.10 bits per heavy atom. The molecule has 1 heterocycles. The number of aromatic hydroxyl groups is 1. The van der Waals surface area contributed by atoms with Crippen molar-refractivity contribution in [2.75, 3.05) is 6.61 Å². The number of halogens is 3. The quantitative estimate of drug-likeness (QED) is 0.355. The van der Waals surface area contributed by atoms with Crippen LogP contribution in [-0.2, 0) is 11.2 Å². The van der Waals surface area contributed by atoms with E-state index in [1.165, 1.54) is 0 Å². The van der Waals surface area contributed by atoms with E-state index in [4.69, 9.17) is 4.74 Å². The first-order chi connectivity index (χ1) is 14.0. The van der Waals surface area contributed by atoms with Gasteiger partial charge in [0.15, 0.2) is 6.61 Å². The van der Waals surface area contributed by atoms with Crippen LogP contribution in [0.1, 0.15) is 73.9 Å². The molecule has 2 aliphatic rings. The average Bonchev–Trinajstić information content (AvgIpc) is 2.65.